The van der Waals surface area contributed by atoms with Crippen molar-refractivity contribution in [1.82, 2.24) is 0 Å². The number of hydrogen-bond donors (Lipinski definition) is 3. The van der Waals surface area contributed by atoms with Crippen LogP contribution in [0.15, 0.2) is 72.8 Å². The topological polar surface area (TPSA) is 164 Å². The molecule has 0 aliphatic heterocycles. The molecule has 0 spiro atoms. The van der Waals surface area contributed by atoms with E-state index in [1.807, 2.05) is 66.7 Å². The van der Waals surface area contributed by atoms with Gasteiger partial charge in [0, 0.05) is 18.4 Å². The number of esters is 1. The molecule has 0 fully saturated rings. The van der Waals surface area contributed by atoms with Crippen molar-refractivity contribution in [1.29, 1.82) is 0 Å². The smallest absolute Gasteiger partial charge is 0.472 e. The number of para-hydroxylation sites is 2. The van der Waals surface area contributed by atoms with Crippen LogP contribution in [0.4, 0.5) is 0 Å². The summed E-state index contributed by atoms with van der Waals surface area (Å²) in [5, 5.41) is 8.68. The number of aliphatic carboxylic acids is 1. The summed E-state index contributed by atoms with van der Waals surface area (Å²) in [5.74, 6) is 0.347. The SMILES string of the molecule is CC(C)(C)c1ccccc1Oc1cccc(COc2ccccc2CCC(=O)OCCCOP(=O)(O)OC[C@H](N)C(=O)O)c1. The van der Waals surface area contributed by atoms with E-state index in [0.29, 0.717) is 24.5 Å². The van der Waals surface area contributed by atoms with Crippen LogP contribution in [0.25, 0.3) is 0 Å². The molecule has 0 aliphatic rings. The normalized spacial score (nSPS) is 13.5. The first kappa shape index (κ1) is 34.8. The van der Waals surface area contributed by atoms with E-state index in [9.17, 15) is 19.0 Å². The molecule has 0 aromatic heterocycles. The van der Waals surface area contributed by atoms with E-state index in [-0.39, 0.29) is 31.5 Å². The van der Waals surface area contributed by atoms with Crippen LogP contribution < -0.4 is 15.2 Å². The van der Waals surface area contributed by atoms with Crippen molar-refractivity contribution in [2.45, 2.75) is 58.1 Å². The van der Waals surface area contributed by atoms with Crippen molar-refractivity contribution in [2.24, 2.45) is 5.73 Å². The summed E-state index contributed by atoms with van der Waals surface area (Å²) in [6.07, 6.45) is 0.628. The van der Waals surface area contributed by atoms with Crippen LogP contribution in [-0.4, -0.2) is 47.8 Å². The molecular weight excluding hydrogens is 589 g/mol. The lowest BCUT2D eigenvalue weighted by atomic mass is 9.86. The van der Waals surface area contributed by atoms with Crippen molar-refractivity contribution >= 4 is 19.8 Å². The number of hydrogen-bond acceptors (Lipinski definition) is 9. The van der Waals surface area contributed by atoms with E-state index in [4.69, 9.17) is 29.6 Å². The molecule has 0 amide bonds. The van der Waals surface area contributed by atoms with Crippen LogP contribution >= 0.6 is 7.82 Å². The first-order valence-electron chi connectivity index (χ1n) is 14.2. The zero-order chi connectivity index (χ0) is 32.2. The molecular formula is C32H40NO10P. The summed E-state index contributed by atoms with van der Waals surface area (Å²) in [6.45, 7) is 5.78. The Hall–Kier alpha value is -3.73. The second-order valence-electron chi connectivity index (χ2n) is 11.0. The van der Waals surface area contributed by atoms with Crippen LogP contribution in [0.1, 0.15) is 50.3 Å². The number of ether oxygens (including phenoxy) is 3. The van der Waals surface area contributed by atoms with Crippen molar-refractivity contribution in [3.63, 3.8) is 0 Å². The Balaban J connectivity index is 1.44. The third kappa shape index (κ3) is 11.7. The number of carbonyl (C=O) groups excluding carboxylic acids is 1. The monoisotopic (exact) mass is 629 g/mol. The molecule has 0 heterocycles. The van der Waals surface area contributed by atoms with Crippen LogP contribution in [0, 0.1) is 0 Å². The van der Waals surface area contributed by atoms with Crippen molar-refractivity contribution in [3.8, 4) is 17.2 Å². The number of carboxylic acids is 1. The van der Waals surface area contributed by atoms with E-state index in [2.05, 4.69) is 31.4 Å². The average molecular weight is 630 g/mol. The summed E-state index contributed by atoms with van der Waals surface area (Å²) in [7, 11) is -4.47. The minimum atomic E-state index is -4.47. The van der Waals surface area contributed by atoms with Gasteiger partial charge in [0.25, 0.3) is 0 Å². The lowest BCUT2D eigenvalue weighted by Crippen LogP contribution is -2.34. The van der Waals surface area contributed by atoms with Gasteiger partial charge in [0.1, 0.15) is 29.9 Å². The van der Waals surface area contributed by atoms with Crippen LogP contribution in [0.2, 0.25) is 0 Å². The van der Waals surface area contributed by atoms with E-state index in [0.717, 1.165) is 22.4 Å². The van der Waals surface area contributed by atoms with Gasteiger partial charge in [0.05, 0.1) is 19.8 Å². The molecule has 3 rings (SSSR count). The fraction of sp³-hybridized carbons (Fsp3) is 0.375. The molecule has 0 bridgehead atoms. The van der Waals surface area contributed by atoms with Gasteiger partial charge in [-0.3, -0.25) is 18.6 Å². The van der Waals surface area contributed by atoms with E-state index < -0.39 is 32.4 Å². The van der Waals surface area contributed by atoms with Gasteiger partial charge in [-0.2, -0.15) is 0 Å². The maximum absolute atomic E-state index is 12.3. The number of carbonyl (C=O) groups is 2. The highest BCUT2D eigenvalue weighted by Crippen LogP contribution is 2.43. The Kier molecular flexibility index (Phi) is 12.9. The summed E-state index contributed by atoms with van der Waals surface area (Å²) in [5.41, 5.74) is 8.04. The molecule has 3 aromatic rings. The number of nitrogens with two attached hydrogens (primary N) is 1. The van der Waals surface area contributed by atoms with Gasteiger partial charge in [-0.05, 0) is 47.2 Å². The largest absolute Gasteiger partial charge is 0.489 e. The Labute approximate surface area is 257 Å². The molecule has 0 saturated carbocycles. The van der Waals surface area contributed by atoms with Gasteiger partial charge in [-0.25, -0.2) is 4.57 Å². The summed E-state index contributed by atoms with van der Waals surface area (Å²) in [6, 6.07) is 21.7. The number of rotatable bonds is 17. The van der Waals surface area contributed by atoms with Gasteiger partial charge in [0.2, 0.25) is 0 Å². The molecule has 11 nitrogen and oxygen atoms in total. The Morgan fingerprint density at radius 1 is 0.932 bits per heavy atom. The minimum Gasteiger partial charge on any atom is -0.489 e. The van der Waals surface area contributed by atoms with E-state index >= 15 is 0 Å². The zero-order valence-electron chi connectivity index (χ0n) is 25.1. The minimum absolute atomic E-state index is 0.0374. The van der Waals surface area contributed by atoms with Gasteiger partial charge in [0.15, 0.2) is 0 Å². The van der Waals surface area contributed by atoms with Crippen molar-refractivity contribution in [2.75, 3.05) is 19.8 Å². The number of carboxylic acid groups (broad SMARTS) is 1. The Morgan fingerprint density at radius 2 is 1.64 bits per heavy atom. The average Bonchev–Trinajstić information content (AvgIpc) is 2.98. The highest BCUT2D eigenvalue weighted by atomic mass is 31.2. The highest BCUT2D eigenvalue weighted by Gasteiger charge is 2.24. The van der Waals surface area contributed by atoms with Crippen LogP contribution in [0.5, 0.6) is 17.2 Å². The van der Waals surface area contributed by atoms with Crippen molar-refractivity contribution < 1.29 is 47.4 Å². The number of aryl methyl sites for hydroxylation is 1. The van der Waals surface area contributed by atoms with Gasteiger partial charge in [-0.15, -0.1) is 0 Å². The Morgan fingerprint density at radius 3 is 2.36 bits per heavy atom. The van der Waals surface area contributed by atoms with E-state index in [1.165, 1.54) is 0 Å². The molecule has 2 atom stereocenters. The van der Waals surface area contributed by atoms with Gasteiger partial charge >= 0.3 is 19.8 Å². The zero-order valence-corrected chi connectivity index (χ0v) is 26.0. The Bertz CT molecular complexity index is 1440. The van der Waals surface area contributed by atoms with Crippen LogP contribution in [0.3, 0.4) is 0 Å². The summed E-state index contributed by atoms with van der Waals surface area (Å²) >= 11 is 0. The molecule has 0 saturated heterocycles. The first-order chi connectivity index (χ1) is 20.8. The highest BCUT2D eigenvalue weighted by molar-refractivity contribution is 7.47. The molecule has 12 heteroatoms. The van der Waals surface area contributed by atoms with Crippen molar-refractivity contribution in [3.05, 3.63) is 89.5 Å². The number of phosphoric ester groups is 1. The molecule has 1 unspecified atom stereocenters. The summed E-state index contributed by atoms with van der Waals surface area (Å²) in [4.78, 5) is 32.5. The molecule has 0 radical (unpaired) electrons. The van der Waals surface area contributed by atoms with Gasteiger partial charge in [-0.1, -0.05) is 69.3 Å². The molecule has 44 heavy (non-hydrogen) atoms. The number of benzene rings is 3. The maximum Gasteiger partial charge on any atom is 0.472 e. The fourth-order valence-corrected chi connectivity index (χ4v) is 4.81. The second-order valence-corrected chi connectivity index (χ2v) is 12.5. The maximum atomic E-state index is 12.3. The molecule has 3 aromatic carbocycles. The first-order valence-corrected chi connectivity index (χ1v) is 15.7. The predicted molar refractivity (Wildman–Crippen MR) is 164 cm³/mol. The second kappa shape index (κ2) is 16.4. The predicted octanol–water partition coefficient (Wildman–Crippen LogP) is 5.77. The molecule has 0 aliphatic carbocycles. The fourth-order valence-electron chi connectivity index (χ4n) is 4.03. The third-order valence-corrected chi connectivity index (χ3v) is 7.31. The third-order valence-electron chi connectivity index (χ3n) is 6.33. The quantitative estimate of drug-likeness (QED) is 0.0944. The molecule has 4 N–H and O–H groups in total. The van der Waals surface area contributed by atoms with Gasteiger partial charge < -0.3 is 29.9 Å². The van der Waals surface area contributed by atoms with E-state index in [1.54, 1.807) is 0 Å². The lowest BCUT2D eigenvalue weighted by molar-refractivity contribution is -0.143. The molecule has 238 valence electrons. The number of phosphoric acid groups is 1. The summed E-state index contributed by atoms with van der Waals surface area (Å²) < 4.78 is 38.5. The van der Waals surface area contributed by atoms with Crippen LogP contribution in [-0.2, 0) is 46.4 Å². The standard InChI is InChI=1S/C32H40NO10P/c1-32(2,3)26-13-5-7-15-29(26)43-25-12-8-10-23(20-25)21-40-28-14-6-4-11-24(28)16-17-30(34)39-18-9-19-41-44(37,38)42-22-27(33)31(35)36/h4-8,10-15,20,27H,9,16-19,21-22,33H2,1-3H3,(H,35,36)(H,37,38)/t27-/m0/s1. The lowest BCUT2D eigenvalue weighted by Gasteiger charge is -2.22.